The Balaban J connectivity index is 1.28. The van der Waals surface area contributed by atoms with Gasteiger partial charge in [0.05, 0.1) is 6.04 Å². The van der Waals surface area contributed by atoms with Crippen molar-refractivity contribution in [3.8, 4) is 11.5 Å². The summed E-state index contributed by atoms with van der Waals surface area (Å²) in [6, 6.07) is 13.3. The van der Waals surface area contributed by atoms with Gasteiger partial charge in [-0.3, -0.25) is 14.6 Å². The Bertz CT molecular complexity index is 868. The summed E-state index contributed by atoms with van der Waals surface area (Å²) in [6.07, 6.45) is 0. The third-order valence-electron chi connectivity index (χ3n) is 5.44. The largest absolute Gasteiger partial charge is 0.486 e. The number of amides is 1. The van der Waals surface area contributed by atoms with Crippen LogP contribution in [0.15, 0.2) is 42.5 Å². The Morgan fingerprint density at radius 2 is 1.83 bits per heavy atom. The van der Waals surface area contributed by atoms with E-state index in [9.17, 15) is 4.79 Å². The van der Waals surface area contributed by atoms with Crippen molar-refractivity contribution in [2.24, 2.45) is 0 Å². The zero-order valence-electron chi connectivity index (χ0n) is 16.6. The molecule has 2 aliphatic rings. The van der Waals surface area contributed by atoms with Gasteiger partial charge in [-0.05, 0) is 36.8 Å². The van der Waals surface area contributed by atoms with Gasteiger partial charge < -0.3 is 14.8 Å². The van der Waals surface area contributed by atoms with Crippen LogP contribution in [0.25, 0.3) is 0 Å². The van der Waals surface area contributed by atoms with E-state index in [0.717, 1.165) is 49.2 Å². The smallest absolute Gasteiger partial charge is 0.241 e. The molecule has 2 aromatic rings. The van der Waals surface area contributed by atoms with Gasteiger partial charge >= 0.3 is 0 Å². The molecule has 154 valence electrons. The number of nitrogens with zero attached hydrogens (tertiary/aromatic N) is 2. The van der Waals surface area contributed by atoms with E-state index < -0.39 is 0 Å². The van der Waals surface area contributed by atoms with Gasteiger partial charge in [0.1, 0.15) is 13.2 Å². The first-order valence-corrected chi connectivity index (χ1v) is 10.4. The fourth-order valence-electron chi connectivity index (χ4n) is 3.74. The maximum Gasteiger partial charge on any atom is 0.241 e. The van der Waals surface area contributed by atoms with Crippen LogP contribution in [0, 0.1) is 0 Å². The third-order valence-corrected chi connectivity index (χ3v) is 5.67. The molecule has 0 spiro atoms. The minimum Gasteiger partial charge on any atom is -0.486 e. The van der Waals surface area contributed by atoms with Crippen molar-refractivity contribution in [3.63, 3.8) is 0 Å². The van der Waals surface area contributed by atoms with Crippen molar-refractivity contribution in [2.45, 2.75) is 19.5 Å². The summed E-state index contributed by atoms with van der Waals surface area (Å²) in [5.74, 6) is 1.39. The van der Waals surface area contributed by atoms with E-state index in [0.29, 0.717) is 19.0 Å². The van der Waals surface area contributed by atoms with Crippen LogP contribution in [0.2, 0.25) is 5.02 Å². The highest BCUT2D eigenvalue weighted by Gasteiger charge is 2.26. The van der Waals surface area contributed by atoms with E-state index >= 15 is 0 Å². The molecule has 1 saturated heterocycles. The number of carbonyl (C=O) groups excluding carboxylic acids is 1. The lowest BCUT2D eigenvalue weighted by atomic mass is 10.1. The van der Waals surface area contributed by atoms with E-state index in [1.165, 1.54) is 5.56 Å². The van der Waals surface area contributed by atoms with Gasteiger partial charge in [-0.1, -0.05) is 23.7 Å². The maximum atomic E-state index is 12.7. The Kier molecular flexibility index (Phi) is 6.23. The van der Waals surface area contributed by atoms with Gasteiger partial charge in [-0.2, -0.15) is 0 Å². The number of benzene rings is 2. The molecule has 1 amide bonds. The van der Waals surface area contributed by atoms with Crippen LogP contribution in [0.3, 0.4) is 0 Å². The number of hydrogen-bond acceptors (Lipinski definition) is 5. The van der Waals surface area contributed by atoms with Crippen molar-refractivity contribution in [3.05, 3.63) is 53.1 Å². The fourth-order valence-corrected chi connectivity index (χ4v) is 3.95. The normalized spacial score (nSPS) is 18.3. The topological polar surface area (TPSA) is 54.0 Å². The Morgan fingerprint density at radius 1 is 1.07 bits per heavy atom. The number of hydrogen-bond donors (Lipinski definition) is 1. The molecule has 0 saturated carbocycles. The van der Waals surface area contributed by atoms with E-state index in [4.69, 9.17) is 21.1 Å². The molecular weight excluding hydrogens is 390 g/mol. The second-order valence-electron chi connectivity index (χ2n) is 7.47. The summed E-state index contributed by atoms with van der Waals surface area (Å²) in [6.45, 7) is 7.49. The van der Waals surface area contributed by atoms with E-state index in [1.807, 2.05) is 43.3 Å². The standard InChI is InChI=1S/C22H26ClN3O3/c1-16(22(27)24-19-5-6-20-21(14-19)29-12-11-28-20)26-9-7-25(8-10-26)15-17-3-2-4-18(23)13-17/h2-6,13-14,16H,7-12,15H2,1H3,(H,24,27)/t16-/m1/s1. The molecule has 0 unspecified atom stereocenters. The number of nitrogens with one attached hydrogen (secondary N) is 1. The van der Waals surface area contributed by atoms with Gasteiger partial charge in [0.2, 0.25) is 5.91 Å². The van der Waals surface area contributed by atoms with Crippen LogP contribution in [0.1, 0.15) is 12.5 Å². The molecule has 1 atom stereocenters. The van der Waals surface area contributed by atoms with Gasteiger partial charge in [0, 0.05) is 49.5 Å². The zero-order valence-corrected chi connectivity index (χ0v) is 17.3. The van der Waals surface area contributed by atoms with Crippen LogP contribution < -0.4 is 14.8 Å². The van der Waals surface area contributed by atoms with E-state index in [1.54, 1.807) is 0 Å². The highest BCUT2D eigenvalue weighted by Crippen LogP contribution is 2.32. The van der Waals surface area contributed by atoms with Crippen molar-refractivity contribution in [1.82, 2.24) is 9.80 Å². The SMILES string of the molecule is C[C@H](C(=O)Nc1ccc2c(c1)OCCO2)N1CCN(Cc2cccc(Cl)c2)CC1. The third kappa shape index (κ3) is 5.01. The predicted molar refractivity (Wildman–Crippen MR) is 114 cm³/mol. The van der Waals surface area contributed by atoms with Crippen molar-refractivity contribution >= 4 is 23.2 Å². The lowest BCUT2D eigenvalue weighted by Crippen LogP contribution is -2.52. The number of fused-ring (bicyclic) bond motifs is 1. The molecule has 29 heavy (non-hydrogen) atoms. The summed E-state index contributed by atoms with van der Waals surface area (Å²) in [5.41, 5.74) is 1.95. The molecule has 0 aromatic heterocycles. The lowest BCUT2D eigenvalue weighted by molar-refractivity contribution is -0.121. The van der Waals surface area contributed by atoms with Gasteiger partial charge in [-0.25, -0.2) is 0 Å². The number of anilines is 1. The minimum absolute atomic E-state index is 0.00929. The number of carbonyl (C=O) groups is 1. The number of halogens is 1. The van der Waals surface area contributed by atoms with Crippen LogP contribution in [-0.2, 0) is 11.3 Å². The Morgan fingerprint density at radius 3 is 2.59 bits per heavy atom. The molecule has 1 fully saturated rings. The van der Waals surface area contributed by atoms with Crippen LogP contribution >= 0.6 is 11.6 Å². The zero-order chi connectivity index (χ0) is 20.2. The molecule has 0 bridgehead atoms. The molecule has 6 nitrogen and oxygen atoms in total. The average Bonchev–Trinajstić information content (AvgIpc) is 2.74. The Labute approximate surface area is 176 Å². The van der Waals surface area contributed by atoms with Gasteiger partial charge in [0.15, 0.2) is 11.5 Å². The van der Waals surface area contributed by atoms with E-state index in [2.05, 4.69) is 21.2 Å². The number of piperazine rings is 1. The Hall–Kier alpha value is -2.28. The molecule has 2 aliphatic heterocycles. The first kappa shape index (κ1) is 20.0. The molecule has 1 N–H and O–H groups in total. The van der Waals surface area contributed by atoms with Crippen LogP contribution in [0.5, 0.6) is 11.5 Å². The summed E-state index contributed by atoms with van der Waals surface area (Å²) in [5, 5.41) is 3.77. The quantitative estimate of drug-likeness (QED) is 0.812. The summed E-state index contributed by atoms with van der Waals surface area (Å²) in [4.78, 5) is 17.4. The van der Waals surface area contributed by atoms with Crippen molar-refractivity contribution in [1.29, 1.82) is 0 Å². The van der Waals surface area contributed by atoms with Crippen molar-refractivity contribution < 1.29 is 14.3 Å². The molecular formula is C22H26ClN3O3. The van der Waals surface area contributed by atoms with E-state index in [-0.39, 0.29) is 11.9 Å². The highest BCUT2D eigenvalue weighted by atomic mass is 35.5. The second kappa shape index (κ2) is 9.03. The lowest BCUT2D eigenvalue weighted by Gasteiger charge is -2.37. The first-order valence-electron chi connectivity index (χ1n) is 10.00. The molecule has 7 heteroatoms. The molecule has 2 aromatic carbocycles. The molecule has 0 radical (unpaired) electrons. The highest BCUT2D eigenvalue weighted by molar-refractivity contribution is 6.30. The fraction of sp³-hybridized carbons (Fsp3) is 0.409. The second-order valence-corrected chi connectivity index (χ2v) is 7.90. The molecule has 2 heterocycles. The number of rotatable bonds is 5. The number of ether oxygens (including phenoxy) is 2. The summed E-state index contributed by atoms with van der Waals surface area (Å²) >= 11 is 6.08. The maximum absolute atomic E-state index is 12.7. The predicted octanol–water partition coefficient (Wildman–Crippen LogP) is 3.26. The van der Waals surface area contributed by atoms with Crippen molar-refractivity contribution in [2.75, 3.05) is 44.7 Å². The van der Waals surface area contributed by atoms with Gasteiger partial charge in [0.25, 0.3) is 0 Å². The van der Waals surface area contributed by atoms with Gasteiger partial charge in [-0.15, -0.1) is 0 Å². The monoisotopic (exact) mass is 415 g/mol. The van der Waals surface area contributed by atoms with Crippen LogP contribution in [0.4, 0.5) is 5.69 Å². The molecule has 0 aliphatic carbocycles. The molecule has 4 rings (SSSR count). The minimum atomic E-state index is -0.198. The summed E-state index contributed by atoms with van der Waals surface area (Å²) in [7, 11) is 0. The summed E-state index contributed by atoms with van der Waals surface area (Å²) < 4.78 is 11.1. The van der Waals surface area contributed by atoms with Crippen LogP contribution in [-0.4, -0.2) is 61.1 Å². The average molecular weight is 416 g/mol. The first-order chi connectivity index (χ1) is 14.1.